The summed E-state index contributed by atoms with van der Waals surface area (Å²) in [6.45, 7) is 7.73. The zero-order chi connectivity index (χ0) is 15.9. The molecule has 4 heteroatoms. The molecule has 0 aliphatic carbocycles. The van der Waals surface area contributed by atoms with Gasteiger partial charge >= 0.3 is 0 Å². The first-order valence-corrected chi connectivity index (χ1v) is 7.68. The lowest BCUT2D eigenvalue weighted by Gasteiger charge is -2.21. The fraction of sp³-hybridized carbons (Fsp3) is 0.333. The fourth-order valence-electron chi connectivity index (χ4n) is 2.17. The molecular formula is C18H23N3O. The van der Waals surface area contributed by atoms with Gasteiger partial charge < -0.3 is 10.2 Å². The number of anilines is 2. The van der Waals surface area contributed by atoms with Crippen LogP contribution in [0.1, 0.15) is 31.3 Å². The maximum absolute atomic E-state index is 12.7. The Bertz CT molecular complexity index is 611. The number of para-hydroxylation sites is 1. The van der Waals surface area contributed by atoms with Crippen molar-refractivity contribution in [3.05, 3.63) is 54.4 Å². The molecule has 0 bridgehead atoms. The van der Waals surface area contributed by atoms with Crippen molar-refractivity contribution >= 4 is 17.3 Å². The second-order valence-electron chi connectivity index (χ2n) is 5.59. The van der Waals surface area contributed by atoms with Crippen LogP contribution in [0.15, 0.2) is 48.7 Å². The number of rotatable bonds is 6. The SMILES string of the molecule is CCN(C(=O)c1cc(NCC(C)C)ccn1)c1ccccc1. The molecule has 1 aromatic heterocycles. The minimum absolute atomic E-state index is 0.0816. The van der Waals surface area contributed by atoms with Gasteiger partial charge in [0.25, 0.3) is 5.91 Å². The number of nitrogens with one attached hydrogen (secondary N) is 1. The fourth-order valence-corrected chi connectivity index (χ4v) is 2.17. The number of aromatic nitrogens is 1. The molecule has 1 N–H and O–H groups in total. The van der Waals surface area contributed by atoms with E-state index in [1.807, 2.05) is 49.4 Å². The maximum atomic E-state index is 12.7. The van der Waals surface area contributed by atoms with Gasteiger partial charge in [-0.15, -0.1) is 0 Å². The summed E-state index contributed by atoms with van der Waals surface area (Å²) in [7, 11) is 0. The highest BCUT2D eigenvalue weighted by Crippen LogP contribution is 2.17. The predicted octanol–water partition coefficient (Wildman–Crippen LogP) is 3.82. The van der Waals surface area contributed by atoms with Crippen LogP contribution >= 0.6 is 0 Å². The Kier molecular flexibility index (Phi) is 5.53. The van der Waals surface area contributed by atoms with Crippen LogP contribution in [0.2, 0.25) is 0 Å². The Morgan fingerprint density at radius 1 is 1.23 bits per heavy atom. The Balaban J connectivity index is 2.19. The van der Waals surface area contributed by atoms with E-state index in [-0.39, 0.29) is 5.91 Å². The van der Waals surface area contributed by atoms with Gasteiger partial charge in [-0.25, -0.2) is 0 Å². The molecule has 22 heavy (non-hydrogen) atoms. The maximum Gasteiger partial charge on any atom is 0.276 e. The zero-order valence-electron chi connectivity index (χ0n) is 13.4. The third-order valence-electron chi connectivity index (χ3n) is 3.32. The smallest absolute Gasteiger partial charge is 0.276 e. The molecule has 0 saturated carbocycles. The Morgan fingerprint density at radius 3 is 2.59 bits per heavy atom. The van der Waals surface area contributed by atoms with Gasteiger partial charge in [-0.05, 0) is 37.1 Å². The van der Waals surface area contributed by atoms with Gasteiger partial charge in [0.05, 0.1) is 0 Å². The molecule has 0 atom stereocenters. The molecule has 1 aromatic carbocycles. The van der Waals surface area contributed by atoms with Gasteiger partial charge in [-0.2, -0.15) is 0 Å². The number of amides is 1. The van der Waals surface area contributed by atoms with E-state index in [9.17, 15) is 4.79 Å². The average molecular weight is 297 g/mol. The normalized spacial score (nSPS) is 10.5. The zero-order valence-corrected chi connectivity index (χ0v) is 13.4. The molecule has 1 amide bonds. The van der Waals surface area contributed by atoms with Gasteiger partial charge in [-0.3, -0.25) is 9.78 Å². The molecule has 2 aromatic rings. The molecular weight excluding hydrogens is 274 g/mol. The van der Waals surface area contributed by atoms with E-state index >= 15 is 0 Å². The van der Waals surface area contributed by atoms with Crippen molar-refractivity contribution in [2.24, 2.45) is 5.92 Å². The van der Waals surface area contributed by atoms with Crippen molar-refractivity contribution in [3.63, 3.8) is 0 Å². The Morgan fingerprint density at radius 2 is 1.95 bits per heavy atom. The lowest BCUT2D eigenvalue weighted by atomic mass is 10.2. The van der Waals surface area contributed by atoms with Crippen molar-refractivity contribution in [2.75, 3.05) is 23.3 Å². The van der Waals surface area contributed by atoms with Crippen LogP contribution in [0.3, 0.4) is 0 Å². The highest BCUT2D eigenvalue weighted by Gasteiger charge is 2.17. The summed E-state index contributed by atoms with van der Waals surface area (Å²) in [4.78, 5) is 18.7. The Hall–Kier alpha value is -2.36. The lowest BCUT2D eigenvalue weighted by molar-refractivity contribution is 0.0983. The monoisotopic (exact) mass is 297 g/mol. The number of benzene rings is 1. The third kappa shape index (κ3) is 4.07. The van der Waals surface area contributed by atoms with Crippen LogP contribution in [0.5, 0.6) is 0 Å². The van der Waals surface area contributed by atoms with Gasteiger partial charge in [0.15, 0.2) is 0 Å². The quantitative estimate of drug-likeness (QED) is 0.881. The number of pyridine rings is 1. The average Bonchev–Trinajstić information content (AvgIpc) is 2.55. The van der Waals surface area contributed by atoms with Crippen LogP contribution in [-0.4, -0.2) is 24.0 Å². The van der Waals surface area contributed by atoms with Crippen LogP contribution in [0.4, 0.5) is 11.4 Å². The molecule has 116 valence electrons. The van der Waals surface area contributed by atoms with Crippen molar-refractivity contribution in [1.29, 1.82) is 0 Å². The van der Waals surface area contributed by atoms with Crippen molar-refractivity contribution in [1.82, 2.24) is 4.98 Å². The summed E-state index contributed by atoms with van der Waals surface area (Å²) >= 11 is 0. The second kappa shape index (κ2) is 7.59. The van der Waals surface area contributed by atoms with Gasteiger partial charge in [0, 0.05) is 30.7 Å². The summed E-state index contributed by atoms with van der Waals surface area (Å²) in [5, 5.41) is 3.33. The van der Waals surface area contributed by atoms with Crippen molar-refractivity contribution in [3.8, 4) is 0 Å². The summed E-state index contributed by atoms with van der Waals surface area (Å²) in [5.74, 6) is 0.464. The molecule has 4 nitrogen and oxygen atoms in total. The van der Waals surface area contributed by atoms with E-state index in [1.165, 1.54) is 0 Å². The molecule has 0 radical (unpaired) electrons. The van der Waals surface area contributed by atoms with E-state index in [0.717, 1.165) is 17.9 Å². The first-order chi connectivity index (χ1) is 10.6. The molecule has 2 rings (SSSR count). The molecule has 0 unspecified atom stereocenters. The summed E-state index contributed by atoms with van der Waals surface area (Å²) in [6, 6.07) is 13.4. The first-order valence-electron chi connectivity index (χ1n) is 7.68. The predicted molar refractivity (Wildman–Crippen MR) is 91.4 cm³/mol. The van der Waals surface area contributed by atoms with Gasteiger partial charge in [-0.1, -0.05) is 32.0 Å². The summed E-state index contributed by atoms with van der Waals surface area (Å²) in [5.41, 5.74) is 2.27. The van der Waals surface area contributed by atoms with Gasteiger partial charge in [0.2, 0.25) is 0 Å². The van der Waals surface area contributed by atoms with Crippen LogP contribution in [-0.2, 0) is 0 Å². The van der Waals surface area contributed by atoms with E-state index in [4.69, 9.17) is 0 Å². The standard InChI is InChI=1S/C18H23N3O/c1-4-21(16-8-6-5-7-9-16)18(22)17-12-15(10-11-19-17)20-13-14(2)3/h5-12,14H,4,13H2,1-3H3,(H,19,20). The van der Waals surface area contributed by atoms with E-state index in [1.54, 1.807) is 11.1 Å². The second-order valence-corrected chi connectivity index (χ2v) is 5.59. The topological polar surface area (TPSA) is 45.2 Å². The molecule has 0 fully saturated rings. The number of carbonyl (C=O) groups excluding carboxylic acids is 1. The minimum atomic E-state index is -0.0816. The third-order valence-corrected chi connectivity index (χ3v) is 3.32. The van der Waals surface area contributed by atoms with E-state index < -0.39 is 0 Å². The number of nitrogens with zero attached hydrogens (tertiary/aromatic N) is 2. The van der Waals surface area contributed by atoms with Crippen LogP contribution in [0, 0.1) is 5.92 Å². The minimum Gasteiger partial charge on any atom is -0.385 e. The Labute approximate surface area is 132 Å². The molecule has 0 aliphatic rings. The largest absolute Gasteiger partial charge is 0.385 e. The van der Waals surface area contributed by atoms with E-state index in [2.05, 4.69) is 24.1 Å². The molecule has 1 heterocycles. The summed E-state index contributed by atoms with van der Waals surface area (Å²) in [6.07, 6.45) is 1.68. The number of hydrogen-bond acceptors (Lipinski definition) is 3. The molecule has 0 spiro atoms. The van der Waals surface area contributed by atoms with Crippen molar-refractivity contribution in [2.45, 2.75) is 20.8 Å². The number of carbonyl (C=O) groups is 1. The lowest BCUT2D eigenvalue weighted by Crippen LogP contribution is -2.31. The number of hydrogen-bond donors (Lipinski definition) is 1. The molecule has 0 aliphatic heterocycles. The first kappa shape index (κ1) is 16.0. The highest BCUT2D eigenvalue weighted by molar-refractivity contribution is 6.05. The van der Waals surface area contributed by atoms with Gasteiger partial charge in [0.1, 0.15) is 5.69 Å². The highest BCUT2D eigenvalue weighted by atomic mass is 16.2. The molecule has 0 saturated heterocycles. The van der Waals surface area contributed by atoms with Crippen LogP contribution in [0.25, 0.3) is 0 Å². The summed E-state index contributed by atoms with van der Waals surface area (Å²) < 4.78 is 0. The van der Waals surface area contributed by atoms with Crippen LogP contribution < -0.4 is 10.2 Å². The van der Waals surface area contributed by atoms with Crippen molar-refractivity contribution < 1.29 is 4.79 Å². The van der Waals surface area contributed by atoms with E-state index in [0.29, 0.717) is 18.2 Å².